The number of anilines is 1. The van der Waals surface area contributed by atoms with Crippen molar-refractivity contribution in [2.45, 2.75) is 13.2 Å². The first-order valence-corrected chi connectivity index (χ1v) is 9.27. The van der Waals surface area contributed by atoms with Crippen LogP contribution in [0.25, 0.3) is 22.5 Å². The van der Waals surface area contributed by atoms with Crippen LogP contribution in [0.3, 0.4) is 0 Å². The normalized spacial score (nSPS) is 10.7. The third-order valence-electron chi connectivity index (χ3n) is 4.45. The van der Waals surface area contributed by atoms with Crippen LogP contribution in [0.2, 0.25) is 0 Å². The summed E-state index contributed by atoms with van der Waals surface area (Å²) < 4.78 is 6.84. The van der Waals surface area contributed by atoms with Crippen LogP contribution < -0.4 is 5.73 Å². The first-order valence-electron chi connectivity index (χ1n) is 9.27. The summed E-state index contributed by atoms with van der Waals surface area (Å²) in [5.74, 6) is 0.369. The van der Waals surface area contributed by atoms with E-state index in [4.69, 9.17) is 15.7 Å². The number of nitrogens with two attached hydrogens (primary N) is 1. The number of nitrogens with zero attached hydrogens (tertiary/aromatic N) is 6. The molecule has 0 bridgehead atoms. The van der Waals surface area contributed by atoms with Gasteiger partial charge >= 0.3 is 0 Å². The second-order valence-electron chi connectivity index (χ2n) is 6.71. The second-order valence-corrected chi connectivity index (χ2v) is 6.71. The minimum atomic E-state index is 0.369. The zero-order valence-electron chi connectivity index (χ0n) is 16.4. The van der Waals surface area contributed by atoms with E-state index in [0.29, 0.717) is 35.9 Å². The van der Waals surface area contributed by atoms with E-state index in [9.17, 15) is 0 Å². The number of nitrogen functional groups attached to an aromatic ring is 1. The van der Waals surface area contributed by atoms with E-state index in [1.807, 2.05) is 48.7 Å². The molecule has 0 radical (unpaired) electrons. The maximum Gasteiger partial charge on any atom is 0.131 e. The molecule has 0 saturated heterocycles. The summed E-state index contributed by atoms with van der Waals surface area (Å²) >= 11 is 0. The van der Waals surface area contributed by atoms with E-state index in [-0.39, 0.29) is 0 Å². The lowest BCUT2D eigenvalue weighted by Gasteiger charge is -2.06. The molecule has 0 aliphatic carbocycles. The van der Waals surface area contributed by atoms with Crippen molar-refractivity contribution in [3.05, 3.63) is 77.7 Å². The SMILES string of the molecule is COCc1cccc(Cn2cc(-c3cc(-c4cccc(C#N)c4)cc(N)n3)nn2)n1. The van der Waals surface area contributed by atoms with Crippen molar-refractivity contribution in [3.63, 3.8) is 0 Å². The van der Waals surface area contributed by atoms with Crippen LogP contribution >= 0.6 is 0 Å². The fraction of sp³-hybridized carbons (Fsp3) is 0.136. The van der Waals surface area contributed by atoms with Crippen LogP contribution in [-0.4, -0.2) is 32.1 Å². The number of rotatable bonds is 6. The molecule has 0 amide bonds. The molecule has 0 spiro atoms. The summed E-state index contributed by atoms with van der Waals surface area (Å²) in [7, 11) is 1.64. The molecule has 8 nitrogen and oxygen atoms in total. The average molecular weight is 397 g/mol. The molecule has 0 saturated carbocycles. The van der Waals surface area contributed by atoms with Gasteiger partial charge in [0.25, 0.3) is 0 Å². The number of methoxy groups -OCH3 is 1. The van der Waals surface area contributed by atoms with Gasteiger partial charge in [-0.25, -0.2) is 9.67 Å². The molecule has 4 aromatic rings. The Morgan fingerprint density at radius 2 is 1.83 bits per heavy atom. The van der Waals surface area contributed by atoms with Crippen LogP contribution in [0, 0.1) is 11.3 Å². The van der Waals surface area contributed by atoms with Crippen LogP contribution in [0.15, 0.2) is 60.8 Å². The number of hydrogen-bond donors (Lipinski definition) is 1. The van der Waals surface area contributed by atoms with Crippen molar-refractivity contribution in [1.29, 1.82) is 5.26 Å². The zero-order chi connectivity index (χ0) is 20.9. The first kappa shape index (κ1) is 19.2. The number of nitriles is 1. The Morgan fingerprint density at radius 3 is 2.67 bits per heavy atom. The fourth-order valence-corrected chi connectivity index (χ4v) is 3.12. The highest BCUT2D eigenvalue weighted by molar-refractivity contribution is 5.72. The van der Waals surface area contributed by atoms with Crippen molar-refractivity contribution in [3.8, 4) is 28.6 Å². The third kappa shape index (κ3) is 4.32. The van der Waals surface area contributed by atoms with Crippen molar-refractivity contribution < 1.29 is 4.74 Å². The maximum atomic E-state index is 9.15. The lowest BCUT2D eigenvalue weighted by atomic mass is 10.0. The van der Waals surface area contributed by atoms with E-state index in [0.717, 1.165) is 22.5 Å². The highest BCUT2D eigenvalue weighted by Gasteiger charge is 2.10. The number of pyridine rings is 2. The lowest BCUT2D eigenvalue weighted by molar-refractivity contribution is 0.181. The van der Waals surface area contributed by atoms with Gasteiger partial charge in [-0.15, -0.1) is 5.10 Å². The molecule has 2 N–H and O–H groups in total. The molecule has 0 aliphatic rings. The molecule has 3 heterocycles. The van der Waals surface area contributed by atoms with Crippen LogP contribution in [-0.2, 0) is 17.9 Å². The van der Waals surface area contributed by atoms with Gasteiger partial charge in [0.05, 0.1) is 48.1 Å². The highest BCUT2D eigenvalue weighted by atomic mass is 16.5. The summed E-state index contributed by atoms with van der Waals surface area (Å²) in [6.07, 6.45) is 1.81. The van der Waals surface area contributed by atoms with Gasteiger partial charge in [0.1, 0.15) is 11.5 Å². The van der Waals surface area contributed by atoms with Gasteiger partial charge in [0.2, 0.25) is 0 Å². The topological polar surface area (TPSA) is 116 Å². The van der Waals surface area contributed by atoms with E-state index >= 15 is 0 Å². The molecule has 8 heteroatoms. The van der Waals surface area contributed by atoms with Crippen molar-refractivity contribution in [2.24, 2.45) is 0 Å². The summed E-state index contributed by atoms with van der Waals surface area (Å²) in [6, 6.07) is 18.9. The second kappa shape index (κ2) is 8.51. The summed E-state index contributed by atoms with van der Waals surface area (Å²) in [5, 5.41) is 17.6. The van der Waals surface area contributed by atoms with Gasteiger partial charge in [0, 0.05) is 7.11 Å². The molecular formula is C22H19N7O. The van der Waals surface area contributed by atoms with Gasteiger partial charge in [-0.2, -0.15) is 5.26 Å². The zero-order valence-corrected chi connectivity index (χ0v) is 16.4. The van der Waals surface area contributed by atoms with Gasteiger partial charge in [-0.3, -0.25) is 4.98 Å². The molecule has 0 fully saturated rings. The predicted molar refractivity (Wildman–Crippen MR) is 112 cm³/mol. The molecule has 4 rings (SSSR count). The average Bonchev–Trinajstić information content (AvgIpc) is 3.22. The van der Waals surface area contributed by atoms with Gasteiger partial charge in [-0.05, 0) is 47.5 Å². The molecule has 0 unspecified atom stereocenters. The molecule has 30 heavy (non-hydrogen) atoms. The van der Waals surface area contributed by atoms with Crippen LogP contribution in [0.5, 0.6) is 0 Å². The Kier molecular flexibility index (Phi) is 5.46. The van der Waals surface area contributed by atoms with Crippen molar-refractivity contribution in [1.82, 2.24) is 25.0 Å². The van der Waals surface area contributed by atoms with E-state index < -0.39 is 0 Å². The Morgan fingerprint density at radius 1 is 1.00 bits per heavy atom. The lowest BCUT2D eigenvalue weighted by Crippen LogP contribution is -2.04. The monoisotopic (exact) mass is 397 g/mol. The van der Waals surface area contributed by atoms with Crippen LogP contribution in [0.4, 0.5) is 5.82 Å². The van der Waals surface area contributed by atoms with E-state index in [1.165, 1.54) is 0 Å². The number of aromatic nitrogens is 5. The number of hydrogen-bond acceptors (Lipinski definition) is 7. The minimum absolute atomic E-state index is 0.369. The fourth-order valence-electron chi connectivity index (χ4n) is 3.12. The molecule has 3 aromatic heterocycles. The standard InChI is InChI=1S/C22H19N7O/c1-30-14-19-7-3-6-18(25-19)12-29-13-21(27-28-29)20-9-17(10-22(24)26-20)16-5-2-4-15(8-16)11-23/h2-10,13H,12,14H2,1H3,(H2,24,26). The molecule has 148 valence electrons. The van der Waals surface area contributed by atoms with E-state index in [1.54, 1.807) is 23.9 Å². The summed E-state index contributed by atoms with van der Waals surface area (Å²) in [6.45, 7) is 0.934. The number of ether oxygens (including phenoxy) is 1. The van der Waals surface area contributed by atoms with Crippen molar-refractivity contribution >= 4 is 5.82 Å². The molecule has 1 aromatic carbocycles. The molecular weight excluding hydrogens is 378 g/mol. The Labute approximate surface area is 173 Å². The largest absolute Gasteiger partial charge is 0.384 e. The molecule has 0 atom stereocenters. The molecule has 0 aliphatic heterocycles. The Hall–Kier alpha value is -4.09. The van der Waals surface area contributed by atoms with Crippen LogP contribution in [0.1, 0.15) is 17.0 Å². The first-order chi connectivity index (χ1) is 14.6. The Bertz CT molecular complexity index is 1230. The predicted octanol–water partition coefficient (Wildman–Crippen LogP) is 3.05. The van der Waals surface area contributed by atoms with Crippen molar-refractivity contribution in [2.75, 3.05) is 12.8 Å². The van der Waals surface area contributed by atoms with Gasteiger partial charge in [0.15, 0.2) is 0 Å². The summed E-state index contributed by atoms with van der Waals surface area (Å²) in [4.78, 5) is 8.94. The van der Waals surface area contributed by atoms with E-state index in [2.05, 4.69) is 26.3 Å². The quantitative estimate of drug-likeness (QED) is 0.531. The third-order valence-corrected chi connectivity index (χ3v) is 4.45. The highest BCUT2D eigenvalue weighted by Crippen LogP contribution is 2.26. The maximum absolute atomic E-state index is 9.15. The summed E-state index contributed by atoms with van der Waals surface area (Å²) in [5.41, 5.74) is 11.3. The minimum Gasteiger partial charge on any atom is -0.384 e. The van der Waals surface area contributed by atoms with Gasteiger partial charge in [-0.1, -0.05) is 23.4 Å². The van der Waals surface area contributed by atoms with Gasteiger partial charge < -0.3 is 10.5 Å². The smallest absolute Gasteiger partial charge is 0.131 e. The Balaban J connectivity index is 1.61. The number of benzene rings is 1.